The number of aromatic hydroxyl groups is 2. The molecule has 0 unspecified atom stereocenters. The molecule has 3 N–H and O–H groups in total. The van der Waals surface area contributed by atoms with E-state index in [9.17, 15) is 24.9 Å². The molecule has 0 radical (unpaired) electrons. The maximum absolute atomic E-state index is 13.0. The second-order valence-electron chi connectivity index (χ2n) is 17.4. The molecule has 4 fully saturated rings. The lowest BCUT2D eigenvalue weighted by Gasteiger charge is -2.71. The van der Waals surface area contributed by atoms with Crippen LogP contribution in [0, 0.1) is 50.2 Å². The third kappa shape index (κ3) is 4.70. The van der Waals surface area contributed by atoms with Gasteiger partial charge in [-0.25, -0.2) is 4.79 Å². The van der Waals surface area contributed by atoms with E-state index in [4.69, 9.17) is 4.74 Å². The molecule has 1 aromatic carbocycles. The lowest BCUT2D eigenvalue weighted by Crippen LogP contribution is -2.64. The number of phenols is 2. The predicted octanol–water partition coefficient (Wildman–Crippen LogP) is 8.91. The number of aliphatic carboxylic acids is 1. The summed E-state index contributed by atoms with van der Waals surface area (Å²) in [6, 6.07) is 4.47. The van der Waals surface area contributed by atoms with Crippen molar-refractivity contribution in [3.63, 3.8) is 0 Å². The summed E-state index contributed by atoms with van der Waals surface area (Å²) in [6.07, 6.45) is 15.4. The van der Waals surface area contributed by atoms with E-state index < -0.39 is 11.4 Å². The van der Waals surface area contributed by atoms with Crippen molar-refractivity contribution in [3.05, 3.63) is 41.5 Å². The molecule has 5 aliphatic rings. The second kappa shape index (κ2) is 10.4. The van der Waals surface area contributed by atoms with Crippen molar-refractivity contribution in [1.29, 1.82) is 0 Å². The number of carbonyl (C=O) groups is 2. The minimum Gasteiger partial charge on any atom is -0.504 e. The summed E-state index contributed by atoms with van der Waals surface area (Å²) in [4.78, 5) is 25.4. The molecule has 4 saturated carbocycles. The minimum atomic E-state index is -0.647. The fourth-order valence-electron chi connectivity index (χ4n) is 11.7. The van der Waals surface area contributed by atoms with E-state index in [0.717, 1.165) is 51.4 Å². The van der Waals surface area contributed by atoms with E-state index in [2.05, 4.69) is 47.6 Å². The molecule has 0 aliphatic heterocycles. The first-order chi connectivity index (χ1) is 20.9. The number of esters is 1. The molecule has 0 saturated heterocycles. The molecule has 1 aromatic rings. The Labute approximate surface area is 269 Å². The zero-order valence-corrected chi connectivity index (χ0v) is 28.4. The molecule has 0 spiro atoms. The highest BCUT2D eigenvalue weighted by Crippen LogP contribution is 2.75. The summed E-state index contributed by atoms with van der Waals surface area (Å²) in [7, 11) is 0. The van der Waals surface area contributed by atoms with Gasteiger partial charge in [-0.1, -0.05) is 59.3 Å². The fourth-order valence-corrected chi connectivity index (χ4v) is 11.7. The number of carboxylic acids is 1. The van der Waals surface area contributed by atoms with Crippen LogP contribution in [0.25, 0.3) is 6.08 Å². The maximum Gasteiger partial charge on any atom is 0.331 e. The van der Waals surface area contributed by atoms with Gasteiger partial charge >= 0.3 is 11.9 Å². The van der Waals surface area contributed by atoms with Gasteiger partial charge in [0.15, 0.2) is 11.5 Å². The van der Waals surface area contributed by atoms with Gasteiger partial charge in [-0.15, -0.1) is 0 Å². The SMILES string of the molecule is CC1(C)[C@H](OC(=O)/C=C/c2ccc(O)c(O)c2)CC[C@]2(C)[C@H]3CC=C4[C@@H]5C[C@@](C)(C(=O)O)CC[C@]5(C)CC[C@@]4(C)[C@]3(C)CC[C@@H]12. The summed E-state index contributed by atoms with van der Waals surface area (Å²) in [5, 5.41) is 29.6. The van der Waals surface area contributed by atoms with Crippen LogP contribution in [0.15, 0.2) is 35.9 Å². The molecule has 0 bridgehead atoms. The number of allylic oxidation sites excluding steroid dienone is 2. The second-order valence-corrected chi connectivity index (χ2v) is 17.4. The van der Waals surface area contributed by atoms with Gasteiger partial charge in [0.2, 0.25) is 0 Å². The zero-order valence-electron chi connectivity index (χ0n) is 28.4. The van der Waals surface area contributed by atoms with Crippen molar-refractivity contribution in [1.82, 2.24) is 0 Å². The van der Waals surface area contributed by atoms with Gasteiger partial charge in [-0.2, -0.15) is 0 Å². The average Bonchev–Trinajstić information content (AvgIpc) is 2.96. The van der Waals surface area contributed by atoms with Crippen molar-refractivity contribution in [2.75, 3.05) is 0 Å². The Kier molecular flexibility index (Phi) is 7.42. The molecule has 6 heteroatoms. The summed E-state index contributed by atoms with van der Waals surface area (Å²) >= 11 is 0. The Hall–Kier alpha value is -2.76. The highest BCUT2D eigenvalue weighted by molar-refractivity contribution is 5.87. The van der Waals surface area contributed by atoms with Crippen molar-refractivity contribution in [2.24, 2.45) is 50.2 Å². The van der Waals surface area contributed by atoms with E-state index in [1.54, 1.807) is 17.7 Å². The van der Waals surface area contributed by atoms with Gasteiger partial charge in [0.1, 0.15) is 6.10 Å². The van der Waals surface area contributed by atoms with Gasteiger partial charge < -0.3 is 20.1 Å². The van der Waals surface area contributed by atoms with Crippen molar-refractivity contribution in [2.45, 2.75) is 119 Å². The molecule has 5 aliphatic carbocycles. The first-order valence-electron chi connectivity index (χ1n) is 17.2. The van der Waals surface area contributed by atoms with Gasteiger partial charge in [0.25, 0.3) is 0 Å². The molecular formula is C39H54O6. The molecule has 0 amide bonds. The highest BCUT2D eigenvalue weighted by atomic mass is 16.5. The number of phenolic OH excluding ortho intramolecular Hbond substituents is 2. The van der Waals surface area contributed by atoms with Crippen LogP contribution < -0.4 is 0 Å². The van der Waals surface area contributed by atoms with Crippen LogP contribution in [0.5, 0.6) is 11.5 Å². The van der Waals surface area contributed by atoms with Crippen LogP contribution in [0.2, 0.25) is 0 Å². The van der Waals surface area contributed by atoms with Gasteiger partial charge in [-0.3, -0.25) is 4.79 Å². The number of ether oxygens (including phenoxy) is 1. The van der Waals surface area contributed by atoms with Crippen molar-refractivity contribution in [3.8, 4) is 11.5 Å². The minimum absolute atomic E-state index is 0.0613. The monoisotopic (exact) mass is 618 g/mol. The topological polar surface area (TPSA) is 104 Å². The van der Waals surface area contributed by atoms with Crippen LogP contribution in [0.3, 0.4) is 0 Å². The smallest absolute Gasteiger partial charge is 0.331 e. The van der Waals surface area contributed by atoms with Crippen molar-refractivity contribution < 1.29 is 29.6 Å². The quantitative estimate of drug-likeness (QED) is 0.135. The number of benzene rings is 1. The van der Waals surface area contributed by atoms with E-state index in [-0.39, 0.29) is 50.6 Å². The van der Waals surface area contributed by atoms with Crippen molar-refractivity contribution >= 4 is 18.0 Å². The van der Waals surface area contributed by atoms with Crippen LogP contribution in [-0.4, -0.2) is 33.4 Å². The Bertz CT molecular complexity index is 1460. The number of carbonyl (C=O) groups excluding carboxylic acids is 1. The van der Waals surface area contributed by atoms with Crippen LogP contribution in [0.4, 0.5) is 0 Å². The normalized spacial score (nSPS) is 43.7. The summed E-state index contributed by atoms with van der Waals surface area (Å²) in [5.74, 6) is -0.158. The maximum atomic E-state index is 13.0. The third-order valence-corrected chi connectivity index (χ3v) is 15.0. The number of fused-ring (bicyclic) bond motifs is 7. The standard InChI is InChI=1S/C39H54O6/c1-34(2)29-14-17-39(7)30(12-10-25-26-23-36(4,33(43)44)19-18-35(26,3)20-21-38(25,39)6)37(29,5)16-15-31(34)45-32(42)13-9-24-8-11-27(40)28(41)22-24/h8-11,13,22,26,29-31,40-41H,12,14-21,23H2,1-7H3,(H,43,44)/b13-9+/t26-,29-,30+,31+,35+,36-,37-,38+,39+/m0/s1. The van der Waals surface area contributed by atoms with Crippen LogP contribution in [0.1, 0.15) is 118 Å². The Balaban J connectivity index is 1.24. The molecule has 9 atom stereocenters. The first-order valence-corrected chi connectivity index (χ1v) is 17.2. The number of rotatable bonds is 4. The number of carboxylic acid groups (broad SMARTS) is 1. The van der Waals surface area contributed by atoms with E-state index in [1.165, 1.54) is 31.1 Å². The lowest BCUT2D eigenvalue weighted by atomic mass is 9.33. The Morgan fingerprint density at radius 2 is 1.58 bits per heavy atom. The molecule has 0 heterocycles. The predicted molar refractivity (Wildman–Crippen MR) is 175 cm³/mol. The van der Waals surface area contributed by atoms with Gasteiger partial charge in [-0.05, 0) is 134 Å². The molecular weight excluding hydrogens is 564 g/mol. The summed E-state index contributed by atoms with van der Waals surface area (Å²) in [5.41, 5.74) is 1.86. The Morgan fingerprint density at radius 3 is 2.27 bits per heavy atom. The largest absolute Gasteiger partial charge is 0.504 e. The molecule has 246 valence electrons. The van der Waals surface area contributed by atoms with Crippen LogP contribution >= 0.6 is 0 Å². The Morgan fingerprint density at radius 1 is 0.867 bits per heavy atom. The molecule has 0 aromatic heterocycles. The van der Waals surface area contributed by atoms with Crippen LogP contribution in [-0.2, 0) is 14.3 Å². The number of hydrogen-bond acceptors (Lipinski definition) is 5. The fraction of sp³-hybridized carbons (Fsp3) is 0.692. The highest BCUT2D eigenvalue weighted by Gasteiger charge is 2.68. The third-order valence-electron chi connectivity index (χ3n) is 15.0. The van der Waals surface area contributed by atoms with E-state index >= 15 is 0 Å². The van der Waals surface area contributed by atoms with Gasteiger partial charge in [0, 0.05) is 11.5 Å². The molecule has 6 nitrogen and oxygen atoms in total. The average molecular weight is 619 g/mol. The van der Waals surface area contributed by atoms with E-state index in [1.807, 2.05) is 6.92 Å². The number of hydrogen-bond donors (Lipinski definition) is 3. The zero-order chi connectivity index (χ0) is 32.8. The lowest BCUT2D eigenvalue weighted by molar-refractivity contribution is -0.211. The molecule has 6 rings (SSSR count). The molecule has 45 heavy (non-hydrogen) atoms. The summed E-state index contributed by atoms with van der Waals surface area (Å²) < 4.78 is 6.15. The van der Waals surface area contributed by atoms with Gasteiger partial charge in [0.05, 0.1) is 5.41 Å². The van der Waals surface area contributed by atoms with E-state index in [0.29, 0.717) is 23.3 Å². The summed E-state index contributed by atoms with van der Waals surface area (Å²) in [6.45, 7) is 16.6. The first kappa shape index (κ1) is 32.2.